The molecule has 12 heteroatoms. The van der Waals surface area contributed by atoms with Crippen molar-refractivity contribution in [2.75, 3.05) is 0 Å². The molecule has 4 heterocycles. The normalized spacial score (nSPS) is 12.2. The maximum atomic E-state index is 16.0. The lowest BCUT2D eigenvalue weighted by Gasteiger charge is -2.25. The number of fused-ring (bicyclic) bond motifs is 12. The van der Waals surface area contributed by atoms with Crippen LogP contribution in [0.2, 0.25) is 0 Å². The summed E-state index contributed by atoms with van der Waals surface area (Å²) in [5, 5.41) is 19.8. The van der Waals surface area contributed by atoms with Crippen LogP contribution in [-0.2, 0) is 6.18 Å². The van der Waals surface area contributed by atoms with E-state index < -0.39 is 46.1 Å². The number of aromatic nitrogens is 4. The maximum Gasteiger partial charge on any atom is 0.417 e. The minimum Gasteiger partial charge on any atom is -0.307 e. The maximum absolute atomic E-state index is 16.0. The van der Waals surface area contributed by atoms with Crippen molar-refractivity contribution in [2.24, 2.45) is 0 Å². The van der Waals surface area contributed by atoms with E-state index in [1.54, 1.807) is 0 Å². The van der Waals surface area contributed by atoms with Crippen molar-refractivity contribution in [1.82, 2.24) is 18.3 Å². The van der Waals surface area contributed by atoms with Gasteiger partial charge in [-0.25, -0.2) is 17.6 Å². The third-order valence-electron chi connectivity index (χ3n) is 30.1. The van der Waals surface area contributed by atoms with Crippen molar-refractivity contribution in [3.63, 3.8) is 0 Å². The molecule has 16 aromatic rings. The van der Waals surface area contributed by atoms with Crippen LogP contribution in [0, 0.1) is 256 Å². The van der Waals surface area contributed by atoms with E-state index in [2.05, 4.69) is 241 Å². The number of benzene rings is 12. The first kappa shape index (κ1) is 82.0. The van der Waals surface area contributed by atoms with Gasteiger partial charge in [0.1, 0.15) is 23.3 Å². The van der Waals surface area contributed by atoms with Crippen LogP contribution in [0.15, 0.2) is 60.7 Å². The van der Waals surface area contributed by atoms with Gasteiger partial charge in [0.25, 0.3) is 0 Å². The number of aryl methyl sites for hydroxylation is 16. The summed E-state index contributed by atoms with van der Waals surface area (Å²) >= 11 is 0. The third-order valence-corrected chi connectivity index (χ3v) is 30.1. The molecule has 0 bridgehead atoms. The van der Waals surface area contributed by atoms with Gasteiger partial charge in [0.15, 0.2) is 0 Å². The van der Waals surface area contributed by atoms with E-state index >= 15 is 30.7 Å². The van der Waals surface area contributed by atoms with E-state index in [1.165, 1.54) is 119 Å². The van der Waals surface area contributed by atoms with Crippen LogP contribution in [0.1, 0.15) is 189 Å². The third kappa shape index (κ3) is 11.0. The van der Waals surface area contributed by atoms with Crippen LogP contribution in [0.4, 0.5) is 30.7 Å². The molecule has 12 aromatic carbocycles. The van der Waals surface area contributed by atoms with Gasteiger partial charge in [-0.1, -0.05) is 12.1 Å². The molecule has 0 N–H and O–H groups in total. The predicted molar refractivity (Wildman–Crippen MR) is 482 cm³/mol. The van der Waals surface area contributed by atoms with Gasteiger partial charge in [-0.2, -0.15) is 18.4 Å². The quantitative estimate of drug-likeness (QED) is 0.153. The predicted octanol–water partition coefficient (Wildman–Crippen LogP) is 30.4. The van der Waals surface area contributed by atoms with Gasteiger partial charge in [-0.3, -0.25) is 0 Å². The molecule has 604 valence electrons. The van der Waals surface area contributed by atoms with Crippen LogP contribution >= 0.6 is 0 Å². The summed E-state index contributed by atoms with van der Waals surface area (Å²) in [6.45, 7) is 68.8. The zero-order valence-corrected chi connectivity index (χ0v) is 74.7. The largest absolute Gasteiger partial charge is 0.417 e. The number of hydrogen-bond acceptors (Lipinski definition) is 1. The first-order chi connectivity index (χ1) is 55.3. The highest BCUT2D eigenvalue weighted by molar-refractivity contribution is 6.21. The van der Waals surface area contributed by atoms with Crippen LogP contribution in [0.3, 0.4) is 0 Å². The van der Waals surface area contributed by atoms with E-state index in [0.29, 0.717) is 5.69 Å². The molecule has 118 heavy (non-hydrogen) atoms. The van der Waals surface area contributed by atoms with Gasteiger partial charge in [-0.05, 0) is 448 Å². The molecule has 0 saturated heterocycles. The van der Waals surface area contributed by atoms with Gasteiger partial charge in [0.2, 0.25) is 0 Å². The number of hydrogen-bond donors (Lipinski definition) is 0. The molecule has 5 nitrogen and oxygen atoms in total. The number of rotatable bonds is 6. The molecule has 0 unspecified atom stereocenters. The Labute approximate surface area is 689 Å². The molecular formula is C106H106F7N5. The molecular weight excluding hydrogens is 1480 g/mol. The molecule has 0 fully saturated rings. The summed E-state index contributed by atoms with van der Waals surface area (Å²) in [4.78, 5) is 0. The molecule has 0 aliphatic heterocycles. The summed E-state index contributed by atoms with van der Waals surface area (Å²) in [6, 6.07) is 15.9. The highest BCUT2D eigenvalue weighted by Gasteiger charge is 2.40. The lowest BCUT2D eigenvalue weighted by atomic mass is 9.90. The number of nitriles is 1. The Morgan fingerprint density at radius 2 is 0.398 bits per heavy atom. The molecule has 0 spiro atoms. The monoisotopic (exact) mass is 1580 g/mol. The second-order valence-corrected chi connectivity index (χ2v) is 34.7. The van der Waals surface area contributed by atoms with Crippen LogP contribution in [0.5, 0.6) is 0 Å². The Morgan fingerprint density at radius 1 is 0.229 bits per heavy atom. The fourth-order valence-electron chi connectivity index (χ4n) is 20.6. The van der Waals surface area contributed by atoms with Crippen molar-refractivity contribution in [2.45, 2.75) is 228 Å². The second-order valence-electron chi connectivity index (χ2n) is 34.7. The summed E-state index contributed by atoms with van der Waals surface area (Å²) in [6.07, 6.45) is -4.98. The molecule has 0 atom stereocenters. The summed E-state index contributed by atoms with van der Waals surface area (Å²) in [5.41, 5.74) is 44.2. The average molecular weight is 1580 g/mol. The number of alkyl halides is 3. The lowest BCUT2D eigenvalue weighted by molar-refractivity contribution is -0.137. The van der Waals surface area contributed by atoms with E-state index in [4.69, 9.17) is 0 Å². The van der Waals surface area contributed by atoms with Crippen molar-refractivity contribution < 1.29 is 30.7 Å². The van der Waals surface area contributed by atoms with Crippen molar-refractivity contribution in [1.29, 1.82) is 5.26 Å². The van der Waals surface area contributed by atoms with Crippen molar-refractivity contribution >= 4 is 87.2 Å². The molecule has 0 amide bonds. The Balaban J connectivity index is 0.000000185. The summed E-state index contributed by atoms with van der Waals surface area (Å²) in [7, 11) is 0. The SMILES string of the molecule is Cc1c(C)c(C)c2c(c1C)c1c(C)c(C)c(C)c(C)c1n2-c1cc(-c2c(F)cccc2F)c(C(F)(F)F)cc1-n1c2c(C)c(C)c(C)c(C)c2c2c(C)c(C)c(C)c(C)c21.Cc1c(C)c(C)c2c(c1C)c1c(C)c(C)c(C)c(C)c1n2-c1cc(C#N)c(-c2c(F)cccc2F)cc1-n1c2c(C)c(C)c(C)c(C)c2c2c(C)c(C)c(C)c(C)c21. The van der Waals surface area contributed by atoms with Gasteiger partial charge in [-0.15, -0.1) is 0 Å². The van der Waals surface area contributed by atoms with E-state index in [-0.39, 0.29) is 22.4 Å². The average Bonchev–Trinajstić information content (AvgIpc) is 1.53. The second kappa shape index (κ2) is 28.0. The first-order valence-electron chi connectivity index (χ1n) is 41.0. The molecule has 4 aromatic heterocycles. The van der Waals surface area contributed by atoms with E-state index in [1.807, 2.05) is 16.7 Å². The first-order valence-corrected chi connectivity index (χ1v) is 41.0. The van der Waals surface area contributed by atoms with Crippen molar-refractivity contribution in [3.05, 3.63) is 273 Å². The van der Waals surface area contributed by atoms with Crippen LogP contribution in [-0.4, -0.2) is 18.3 Å². The van der Waals surface area contributed by atoms with Crippen molar-refractivity contribution in [3.8, 4) is 51.1 Å². The molecule has 16 rings (SSSR count). The Morgan fingerprint density at radius 3 is 0.593 bits per heavy atom. The molecule has 0 saturated carbocycles. The van der Waals surface area contributed by atoms with E-state index in [0.717, 1.165) is 207 Å². The van der Waals surface area contributed by atoms with Gasteiger partial charge < -0.3 is 18.3 Å². The smallest absolute Gasteiger partial charge is 0.307 e. The fraction of sp³-hybridized carbons (Fsp3) is 0.311. The van der Waals surface area contributed by atoms with Crippen LogP contribution < -0.4 is 0 Å². The van der Waals surface area contributed by atoms with Crippen LogP contribution in [0.25, 0.3) is 132 Å². The summed E-state index contributed by atoms with van der Waals surface area (Å²) < 4.78 is 121. The van der Waals surface area contributed by atoms with Gasteiger partial charge in [0.05, 0.1) is 95.2 Å². The minimum atomic E-state index is -4.98. The Bertz CT molecular complexity index is 7030. The van der Waals surface area contributed by atoms with Gasteiger partial charge in [0, 0.05) is 54.2 Å². The molecule has 0 aliphatic rings. The standard InChI is InChI=1S/C53H53F5N2.C53H53F2N3/c1-22-26(5)34(13)49-44(30(22)9)45-31(10)23(2)27(6)35(14)50(45)59(49)42-20-38(48-40(54)18-17-19-41(48)55)39(53(56,57)58)21-43(42)60-51-36(15)28(7)24(3)32(11)46(51)47-33(12)25(4)29(8)37(16)52(47)60;1-23-27(5)35(13)50-45(31(23)9)46-32(10)24(2)28(6)36(14)51(46)57(50)43-20-39(22-56)40(49-41(54)18-17-19-42(49)55)21-44(43)58-52-37(15)29(7)25(3)33(11)47(52)48-34(12)26(4)30(8)38(16)53(48)58/h17-21H,1-16H3;17-21H,1-16H3. The number of halogens is 7. The van der Waals surface area contributed by atoms with Gasteiger partial charge >= 0.3 is 6.18 Å². The highest BCUT2D eigenvalue weighted by Crippen LogP contribution is 2.54. The molecule has 0 aliphatic carbocycles. The van der Waals surface area contributed by atoms with E-state index in [9.17, 15) is 5.26 Å². The molecule has 0 radical (unpaired) electrons. The number of nitrogens with zero attached hydrogens (tertiary/aromatic N) is 5. The zero-order chi connectivity index (χ0) is 86.4. The minimum absolute atomic E-state index is 0.202. The lowest BCUT2D eigenvalue weighted by Crippen LogP contribution is -2.14. The Kier molecular flexibility index (Phi) is 19.4. The zero-order valence-electron chi connectivity index (χ0n) is 74.7. The fourth-order valence-corrected chi connectivity index (χ4v) is 20.6. The summed E-state index contributed by atoms with van der Waals surface area (Å²) in [5.74, 6) is -3.54. The Hall–Kier alpha value is -11.2. The topological polar surface area (TPSA) is 43.5 Å². The highest BCUT2D eigenvalue weighted by atomic mass is 19.4.